The molecule has 0 spiro atoms. The third kappa shape index (κ3) is 5.28. The number of amides is 1. The first-order chi connectivity index (χ1) is 15.7. The van der Waals surface area contributed by atoms with Crippen LogP contribution in [0.1, 0.15) is 12.2 Å². The number of benzene rings is 2. The van der Waals surface area contributed by atoms with E-state index in [9.17, 15) is 18.0 Å². The van der Waals surface area contributed by atoms with Gasteiger partial charge in [-0.05, 0) is 49.7 Å². The van der Waals surface area contributed by atoms with E-state index in [-0.39, 0.29) is 29.3 Å². The molecule has 1 amide bonds. The molecule has 1 N–H and O–H groups in total. The molecule has 174 valence electrons. The minimum absolute atomic E-state index is 0.0555. The van der Waals surface area contributed by atoms with Gasteiger partial charge in [0.2, 0.25) is 11.2 Å². The molecule has 4 rings (SSSR count). The van der Waals surface area contributed by atoms with Crippen molar-refractivity contribution in [3.05, 3.63) is 58.4 Å². The average Bonchev–Trinajstić information content (AvgIpc) is 3.13. The number of hydrogen-bond donors (Lipinski definition) is 1. The predicted octanol–water partition coefficient (Wildman–Crippen LogP) is 2.58. The monoisotopic (exact) mass is 473 g/mol. The fourth-order valence-corrected chi connectivity index (χ4v) is 5.24. The number of carbonyl (C=O) groups is 1. The lowest BCUT2D eigenvalue weighted by Gasteiger charge is -2.12. The van der Waals surface area contributed by atoms with Crippen molar-refractivity contribution in [1.29, 1.82) is 0 Å². The van der Waals surface area contributed by atoms with Crippen molar-refractivity contribution in [1.82, 2.24) is 5.32 Å². The number of aryl methyl sites for hydroxylation is 1. The van der Waals surface area contributed by atoms with E-state index in [0.717, 1.165) is 0 Å². The maximum atomic E-state index is 12.9. The summed E-state index contributed by atoms with van der Waals surface area (Å²) in [5, 5.41) is 2.96. The molecule has 2 aromatic carbocycles. The van der Waals surface area contributed by atoms with Crippen LogP contribution in [0.2, 0.25) is 0 Å². The number of fused-ring (bicyclic) bond motifs is 1. The Balaban J connectivity index is 1.46. The molecule has 2 heterocycles. The highest BCUT2D eigenvalue weighted by Crippen LogP contribution is 2.28. The summed E-state index contributed by atoms with van der Waals surface area (Å²) >= 11 is 0. The standard InChI is InChI=1S/C23H23NO8S/c1-14-23(32-17-5-3-16(29-2)4-6-17)22(26)19-8-7-18(11-20(19)31-14)30-12-21(25)24-15-9-10-33(27,28)13-15/h3-8,11,15H,9-10,12-13H2,1-2H3,(H,24,25). The molecule has 0 bridgehead atoms. The highest BCUT2D eigenvalue weighted by Gasteiger charge is 2.28. The maximum absolute atomic E-state index is 12.9. The normalized spacial score (nSPS) is 17.0. The summed E-state index contributed by atoms with van der Waals surface area (Å²) in [7, 11) is -1.52. The van der Waals surface area contributed by atoms with E-state index in [0.29, 0.717) is 40.4 Å². The Morgan fingerprint density at radius 1 is 1.12 bits per heavy atom. The third-order valence-corrected chi connectivity index (χ3v) is 7.00. The van der Waals surface area contributed by atoms with Gasteiger partial charge in [-0.15, -0.1) is 0 Å². The van der Waals surface area contributed by atoms with Gasteiger partial charge in [-0.2, -0.15) is 0 Å². The molecule has 10 heteroatoms. The van der Waals surface area contributed by atoms with E-state index in [1.807, 2.05) is 0 Å². The summed E-state index contributed by atoms with van der Waals surface area (Å²) in [5.41, 5.74) is -0.0457. The fraction of sp³-hybridized carbons (Fsp3) is 0.304. The van der Waals surface area contributed by atoms with Gasteiger partial charge in [0.15, 0.2) is 16.4 Å². The van der Waals surface area contributed by atoms with E-state index < -0.39 is 21.8 Å². The highest BCUT2D eigenvalue weighted by atomic mass is 32.2. The fourth-order valence-electron chi connectivity index (χ4n) is 3.56. The molecule has 1 aliphatic rings. The zero-order valence-corrected chi connectivity index (χ0v) is 18.9. The first-order valence-electron chi connectivity index (χ1n) is 10.3. The number of ether oxygens (including phenoxy) is 3. The summed E-state index contributed by atoms with van der Waals surface area (Å²) in [4.78, 5) is 25.0. The molecule has 1 aliphatic heterocycles. The number of methoxy groups -OCH3 is 1. The van der Waals surface area contributed by atoms with Gasteiger partial charge in [-0.3, -0.25) is 9.59 Å². The quantitative estimate of drug-likeness (QED) is 0.556. The van der Waals surface area contributed by atoms with Crippen LogP contribution in [-0.4, -0.2) is 45.6 Å². The topological polar surface area (TPSA) is 121 Å². The number of rotatable bonds is 7. The van der Waals surface area contributed by atoms with Gasteiger partial charge in [0.05, 0.1) is 24.0 Å². The van der Waals surface area contributed by atoms with Crippen molar-refractivity contribution in [2.45, 2.75) is 19.4 Å². The largest absolute Gasteiger partial charge is 0.497 e. The van der Waals surface area contributed by atoms with Crippen molar-refractivity contribution >= 4 is 26.7 Å². The Morgan fingerprint density at radius 2 is 1.82 bits per heavy atom. The van der Waals surface area contributed by atoms with Crippen molar-refractivity contribution < 1.29 is 31.8 Å². The Hall–Kier alpha value is -3.53. The molecule has 1 saturated heterocycles. The van der Waals surface area contributed by atoms with Crippen LogP contribution >= 0.6 is 0 Å². The zero-order valence-electron chi connectivity index (χ0n) is 18.1. The number of nitrogens with one attached hydrogen (secondary N) is 1. The first-order valence-corrected chi connectivity index (χ1v) is 12.1. The molecule has 9 nitrogen and oxygen atoms in total. The van der Waals surface area contributed by atoms with Crippen molar-refractivity contribution in [3.8, 4) is 23.0 Å². The van der Waals surface area contributed by atoms with Crippen LogP contribution in [0.25, 0.3) is 11.0 Å². The van der Waals surface area contributed by atoms with Crippen LogP contribution in [0.15, 0.2) is 51.7 Å². The van der Waals surface area contributed by atoms with E-state index in [1.165, 1.54) is 12.1 Å². The second kappa shape index (κ2) is 9.14. The van der Waals surface area contributed by atoms with Crippen LogP contribution in [0.3, 0.4) is 0 Å². The van der Waals surface area contributed by atoms with Crippen LogP contribution in [0, 0.1) is 6.92 Å². The minimum atomic E-state index is -3.08. The van der Waals surface area contributed by atoms with E-state index in [1.54, 1.807) is 44.4 Å². The maximum Gasteiger partial charge on any atom is 0.258 e. The van der Waals surface area contributed by atoms with Gasteiger partial charge in [-0.25, -0.2) is 8.42 Å². The molecule has 1 fully saturated rings. The van der Waals surface area contributed by atoms with Gasteiger partial charge in [0, 0.05) is 12.1 Å². The SMILES string of the molecule is COc1ccc(Oc2c(C)oc3cc(OCC(=O)NC4CCS(=O)(=O)C4)ccc3c2=O)cc1. The molecule has 0 radical (unpaired) electrons. The molecular weight excluding hydrogens is 450 g/mol. The van der Waals surface area contributed by atoms with Crippen molar-refractivity contribution in [2.24, 2.45) is 0 Å². The lowest BCUT2D eigenvalue weighted by atomic mass is 10.2. The molecule has 1 aromatic heterocycles. The number of hydrogen-bond acceptors (Lipinski definition) is 8. The average molecular weight is 474 g/mol. The number of carbonyl (C=O) groups excluding carboxylic acids is 1. The van der Waals surface area contributed by atoms with Gasteiger partial charge in [-0.1, -0.05) is 0 Å². The Bertz CT molecular complexity index is 1350. The molecule has 0 aliphatic carbocycles. The third-order valence-electron chi connectivity index (χ3n) is 5.23. The van der Waals surface area contributed by atoms with Gasteiger partial charge < -0.3 is 23.9 Å². The molecule has 33 heavy (non-hydrogen) atoms. The van der Waals surface area contributed by atoms with Crippen LogP contribution < -0.4 is 25.0 Å². The molecule has 0 saturated carbocycles. The summed E-state index contributed by atoms with van der Waals surface area (Å²) in [6, 6.07) is 11.0. The first kappa shape index (κ1) is 22.7. The molecule has 3 aromatic rings. The second-order valence-corrected chi connectivity index (χ2v) is 9.94. The lowest BCUT2D eigenvalue weighted by molar-refractivity contribution is -0.123. The van der Waals surface area contributed by atoms with Gasteiger partial charge >= 0.3 is 0 Å². The minimum Gasteiger partial charge on any atom is -0.497 e. The van der Waals surface area contributed by atoms with Crippen molar-refractivity contribution in [2.75, 3.05) is 25.2 Å². The van der Waals surface area contributed by atoms with Gasteiger partial charge in [0.1, 0.15) is 28.6 Å². The van der Waals surface area contributed by atoms with E-state index in [4.69, 9.17) is 18.6 Å². The van der Waals surface area contributed by atoms with E-state index in [2.05, 4.69) is 5.32 Å². The van der Waals surface area contributed by atoms with E-state index >= 15 is 0 Å². The number of sulfone groups is 1. The van der Waals surface area contributed by atoms with Crippen LogP contribution in [0.5, 0.6) is 23.0 Å². The Morgan fingerprint density at radius 3 is 2.48 bits per heavy atom. The van der Waals surface area contributed by atoms with Crippen LogP contribution in [-0.2, 0) is 14.6 Å². The van der Waals surface area contributed by atoms with Crippen molar-refractivity contribution in [3.63, 3.8) is 0 Å². The lowest BCUT2D eigenvalue weighted by Crippen LogP contribution is -2.38. The van der Waals surface area contributed by atoms with Gasteiger partial charge in [0.25, 0.3) is 5.91 Å². The molecule has 1 atom stereocenters. The summed E-state index contributed by atoms with van der Waals surface area (Å²) in [5.74, 6) is 1.44. The second-order valence-electron chi connectivity index (χ2n) is 7.71. The smallest absolute Gasteiger partial charge is 0.258 e. The predicted molar refractivity (Wildman–Crippen MR) is 121 cm³/mol. The zero-order chi connectivity index (χ0) is 23.6. The summed E-state index contributed by atoms with van der Waals surface area (Å²) in [6.07, 6.45) is 0.398. The Kier molecular flexibility index (Phi) is 6.28. The highest BCUT2D eigenvalue weighted by molar-refractivity contribution is 7.91. The Labute approximate surface area is 190 Å². The summed E-state index contributed by atoms with van der Waals surface area (Å²) in [6.45, 7) is 1.33. The van der Waals surface area contributed by atoms with Crippen LogP contribution in [0.4, 0.5) is 0 Å². The molecule has 1 unspecified atom stereocenters. The molecular formula is C23H23NO8S. The summed E-state index contributed by atoms with van der Waals surface area (Å²) < 4.78 is 45.1.